The maximum Gasteiger partial charge on any atom is 0.326 e. The monoisotopic (exact) mass is 1430 g/mol. The molecule has 0 unspecified atom stereocenters. The molecule has 100 heavy (non-hydrogen) atoms. The molecular formula is C62H108N16O22. The summed E-state index contributed by atoms with van der Waals surface area (Å²) in [4.78, 5) is 226. The van der Waals surface area contributed by atoms with E-state index in [4.69, 9.17) is 28.7 Å². The lowest BCUT2D eigenvalue weighted by Gasteiger charge is -2.29. The molecule has 0 bridgehead atoms. The molecule has 0 saturated heterocycles. The summed E-state index contributed by atoms with van der Waals surface area (Å²) in [6.07, 6.45) is -7.03. The molecule has 0 aromatic carbocycles. The summed E-state index contributed by atoms with van der Waals surface area (Å²) < 4.78 is 0. The molecule has 0 aromatic heterocycles. The number of nitrogens with one attached hydrogen (secondary N) is 11. The first kappa shape index (κ1) is 90.8. The highest BCUT2D eigenvalue weighted by molar-refractivity contribution is 6.01. The van der Waals surface area contributed by atoms with E-state index in [0.717, 1.165) is 6.92 Å². The molecule has 0 aliphatic carbocycles. The fourth-order valence-electron chi connectivity index (χ4n) is 9.83. The molecule has 0 fully saturated rings. The molecule has 26 N–H and O–H groups in total. The highest BCUT2D eigenvalue weighted by atomic mass is 16.4. The van der Waals surface area contributed by atoms with Crippen molar-refractivity contribution in [3.8, 4) is 0 Å². The zero-order chi connectivity index (χ0) is 76.8. The van der Waals surface area contributed by atoms with E-state index in [0.29, 0.717) is 6.42 Å². The van der Waals surface area contributed by atoms with Crippen molar-refractivity contribution in [3.05, 3.63) is 0 Å². The van der Waals surface area contributed by atoms with Crippen LogP contribution >= 0.6 is 0 Å². The van der Waals surface area contributed by atoms with E-state index in [1.807, 2.05) is 0 Å². The van der Waals surface area contributed by atoms with Crippen molar-refractivity contribution in [2.24, 2.45) is 52.3 Å². The Kier molecular flexibility index (Phi) is 42.7. The summed E-state index contributed by atoms with van der Waals surface area (Å²) in [6, 6.07) is -20.4. The van der Waals surface area contributed by atoms with Gasteiger partial charge in [0.05, 0.1) is 31.4 Å². The standard InChI is InChI=1S/C62H108N16O22/c1-10-31(7)48(76-51(88)34(65)24-29(3)4)59(96)74-41(28-47(86)87)58(95)73-40(27-44(67)81)57(94)72-39(26-43(66)80)56(93)69-36(17-13-15-23-64)54(91)78-50(33(9)79)61(98)71-37(18-20-45(82)83)53(90)68-35(16-12-14-22-63)52(89)70-38(19-21-46(84)85)55(92)77-49(32(8)11-2)60(97)75-42(62(99)100)25-30(5)6/h29-42,48-50,79H,10-28,63-65H2,1-9H3,(H2,66,80)(H2,67,81)(H,68,90)(H,69,93)(H,70,89)(H,71,98)(H,72,94)(H,73,95)(H,74,96)(H,75,97)(H,76,88)(H,77,92)(H,78,91)(H,82,83)(H,84,85)(H,86,87)(H,99,100)/t31-,32-,33+,34-,35-,36-,37-,38-,39-,40-,41-,42-,48-,49-,50-/m0/s1. The van der Waals surface area contributed by atoms with E-state index >= 15 is 0 Å². The number of carboxylic acid groups (broad SMARTS) is 4. The first-order valence-electron chi connectivity index (χ1n) is 33.3. The Morgan fingerprint density at radius 1 is 0.340 bits per heavy atom. The summed E-state index contributed by atoms with van der Waals surface area (Å²) in [5.41, 5.74) is 28.3. The van der Waals surface area contributed by atoms with Crippen LogP contribution < -0.4 is 87.2 Å². The van der Waals surface area contributed by atoms with Crippen LogP contribution in [0.1, 0.15) is 171 Å². The van der Waals surface area contributed by atoms with Crippen molar-refractivity contribution in [3.63, 3.8) is 0 Å². The molecule has 38 nitrogen and oxygen atoms in total. The van der Waals surface area contributed by atoms with Gasteiger partial charge in [0.2, 0.25) is 76.8 Å². The lowest BCUT2D eigenvalue weighted by molar-refractivity contribution is -0.143. The van der Waals surface area contributed by atoms with Gasteiger partial charge in [-0.3, -0.25) is 76.7 Å². The number of nitrogens with two attached hydrogens (primary N) is 5. The van der Waals surface area contributed by atoms with Crippen LogP contribution in [0.25, 0.3) is 0 Å². The number of aliphatic carboxylic acids is 4. The fourth-order valence-corrected chi connectivity index (χ4v) is 9.83. The van der Waals surface area contributed by atoms with Crippen molar-refractivity contribution < 1.29 is 107 Å². The third-order valence-corrected chi connectivity index (χ3v) is 15.8. The van der Waals surface area contributed by atoms with Crippen LogP contribution in [0.4, 0.5) is 0 Å². The quantitative estimate of drug-likeness (QED) is 0.0253. The van der Waals surface area contributed by atoms with Crippen molar-refractivity contribution in [2.45, 2.75) is 250 Å². The zero-order valence-electron chi connectivity index (χ0n) is 58.3. The molecular weight excluding hydrogens is 1320 g/mol. The molecule has 15 atom stereocenters. The van der Waals surface area contributed by atoms with E-state index in [2.05, 4.69) is 58.5 Å². The van der Waals surface area contributed by atoms with Crippen LogP contribution in [0.3, 0.4) is 0 Å². The van der Waals surface area contributed by atoms with Gasteiger partial charge >= 0.3 is 23.9 Å². The molecule has 0 heterocycles. The number of primary amides is 2. The Balaban J connectivity index is 7.18. The van der Waals surface area contributed by atoms with E-state index in [1.165, 1.54) is 0 Å². The molecule has 13 amide bonds. The lowest BCUT2D eigenvalue weighted by Crippen LogP contribution is -2.62. The highest BCUT2D eigenvalue weighted by Gasteiger charge is 2.40. The number of hydrogen-bond donors (Lipinski definition) is 21. The van der Waals surface area contributed by atoms with Gasteiger partial charge in [0.25, 0.3) is 0 Å². The van der Waals surface area contributed by atoms with Crippen molar-refractivity contribution in [1.29, 1.82) is 0 Å². The average molecular weight is 1430 g/mol. The molecule has 0 aromatic rings. The van der Waals surface area contributed by atoms with E-state index in [9.17, 15) is 107 Å². The first-order valence-corrected chi connectivity index (χ1v) is 33.3. The number of aliphatic hydroxyl groups is 1. The van der Waals surface area contributed by atoms with Crippen LogP contribution in [0.15, 0.2) is 0 Å². The summed E-state index contributed by atoms with van der Waals surface area (Å²) in [6.45, 7) is 14.7. The topological polar surface area (TPSA) is 654 Å². The number of carbonyl (C=O) groups excluding carboxylic acids is 13. The normalized spacial score (nSPS) is 15.7. The summed E-state index contributed by atoms with van der Waals surface area (Å²) in [5.74, 6) is -22.6. The maximum atomic E-state index is 14.3. The van der Waals surface area contributed by atoms with Crippen molar-refractivity contribution in [2.75, 3.05) is 13.1 Å². The Hall–Kier alpha value is -9.17. The van der Waals surface area contributed by atoms with Gasteiger partial charge in [-0.25, -0.2) is 4.79 Å². The van der Waals surface area contributed by atoms with Gasteiger partial charge in [-0.2, -0.15) is 0 Å². The highest BCUT2D eigenvalue weighted by Crippen LogP contribution is 2.16. The molecule has 0 spiro atoms. The second kappa shape index (κ2) is 47.0. The number of aliphatic hydroxyl groups excluding tert-OH is 1. The van der Waals surface area contributed by atoms with E-state index < -0.39 is 236 Å². The second-order valence-corrected chi connectivity index (χ2v) is 25.5. The van der Waals surface area contributed by atoms with Crippen LogP contribution in [0.2, 0.25) is 0 Å². The minimum atomic E-state index is -2.08. The maximum absolute atomic E-state index is 14.3. The van der Waals surface area contributed by atoms with Gasteiger partial charge < -0.3 is 113 Å². The molecule has 0 saturated carbocycles. The van der Waals surface area contributed by atoms with E-state index in [-0.39, 0.29) is 82.7 Å². The molecule has 0 rings (SSSR count). The third kappa shape index (κ3) is 35.6. The number of rotatable bonds is 52. The fraction of sp³-hybridized carbons (Fsp3) is 0.726. The summed E-state index contributed by atoms with van der Waals surface area (Å²) in [7, 11) is 0. The van der Waals surface area contributed by atoms with Crippen LogP contribution in [-0.4, -0.2) is 218 Å². The van der Waals surface area contributed by atoms with Crippen LogP contribution in [0.5, 0.6) is 0 Å². The van der Waals surface area contributed by atoms with Gasteiger partial charge in [-0.05, 0) is 108 Å². The Morgan fingerprint density at radius 3 is 0.950 bits per heavy atom. The zero-order valence-corrected chi connectivity index (χ0v) is 58.3. The third-order valence-electron chi connectivity index (χ3n) is 15.8. The smallest absolute Gasteiger partial charge is 0.326 e. The van der Waals surface area contributed by atoms with Crippen molar-refractivity contribution in [1.82, 2.24) is 58.5 Å². The minimum absolute atomic E-state index is 0.0195. The molecule has 568 valence electrons. The van der Waals surface area contributed by atoms with Gasteiger partial charge in [0.1, 0.15) is 66.5 Å². The molecule has 0 aliphatic rings. The summed E-state index contributed by atoms with van der Waals surface area (Å²) >= 11 is 0. The van der Waals surface area contributed by atoms with E-state index in [1.54, 1.807) is 55.4 Å². The Bertz CT molecular complexity index is 2810. The Labute approximate surface area is 579 Å². The lowest BCUT2D eigenvalue weighted by atomic mass is 9.96. The van der Waals surface area contributed by atoms with Gasteiger partial charge in [-0.1, -0.05) is 68.2 Å². The molecule has 0 aliphatic heterocycles. The number of unbranched alkanes of at least 4 members (excludes halogenated alkanes) is 2. The second-order valence-electron chi connectivity index (χ2n) is 25.5. The van der Waals surface area contributed by atoms with Gasteiger partial charge in [-0.15, -0.1) is 0 Å². The SMILES string of the molecule is CC[C@H](C)[C@H](NC(=O)[C@H](CCC(=O)O)NC(=O)[C@H](CCCCN)NC(=O)[C@H](CCC(=O)O)NC(=O)[C@@H](NC(=O)[C@H](CCCCN)NC(=O)[C@H](CC(N)=O)NC(=O)[C@H](CC(N)=O)NC(=O)[C@H](CC(=O)O)NC(=O)[C@@H](NC(=O)[C@@H](N)CC(C)C)[C@@H](C)CC)[C@@H](C)O)C(=O)N[C@@H](CC(C)C)C(=O)O. The van der Waals surface area contributed by atoms with Gasteiger partial charge in [0.15, 0.2) is 0 Å². The summed E-state index contributed by atoms with van der Waals surface area (Å²) in [5, 5.41) is 75.3. The van der Waals surface area contributed by atoms with Gasteiger partial charge in [0, 0.05) is 12.8 Å². The average Bonchev–Trinajstić information content (AvgIpc) is 0.863. The predicted octanol–water partition coefficient (Wildman–Crippen LogP) is -5.49. The largest absolute Gasteiger partial charge is 0.481 e. The number of carboxylic acids is 4. The molecule has 0 radical (unpaired) electrons. The number of hydrogen-bond acceptors (Lipinski definition) is 21. The predicted molar refractivity (Wildman–Crippen MR) is 356 cm³/mol. The molecule has 38 heteroatoms. The minimum Gasteiger partial charge on any atom is -0.481 e. The Morgan fingerprint density at radius 2 is 0.630 bits per heavy atom. The van der Waals surface area contributed by atoms with Crippen LogP contribution in [-0.2, 0) is 81.5 Å². The first-order chi connectivity index (χ1) is 46.6. The van der Waals surface area contributed by atoms with Crippen molar-refractivity contribution >= 4 is 101 Å². The number of carbonyl (C=O) groups is 17. The van der Waals surface area contributed by atoms with Crippen LogP contribution in [0, 0.1) is 23.7 Å². The number of amides is 13.